The van der Waals surface area contributed by atoms with Crippen molar-refractivity contribution in [2.24, 2.45) is 0 Å². The van der Waals surface area contributed by atoms with Crippen LogP contribution in [0.5, 0.6) is 0 Å². The number of hydrogen-bond acceptors (Lipinski definition) is 1. The van der Waals surface area contributed by atoms with E-state index in [2.05, 4.69) is 18.7 Å². The van der Waals surface area contributed by atoms with Crippen LogP contribution in [-0.4, -0.2) is 23.0 Å². The number of fused-ring (bicyclic) bond motifs is 1. The molecule has 0 aromatic heterocycles. The van der Waals surface area contributed by atoms with Crippen molar-refractivity contribution in [1.82, 2.24) is 4.90 Å². The summed E-state index contributed by atoms with van der Waals surface area (Å²) >= 11 is 0. The van der Waals surface area contributed by atoms with Crippen molar-refractivity contribution in [3.63, 3.8) is 0 Å². The Morgan fingerprint density at radius 3 is 2.79 bits per heavy atom. The summed E-state index contributed by atoms with van der Waals surface area (Å²) in [6.07, 6.45) is 11.6. The van der Waals surface area contributed by atoms with E-state index < -0.39 is 0 Å². The van der Waals surface area contributed by atoms with Gasteiger partial charge in [-0.3, -0.25) is 4.90 Å². The van der Waals surface area contributed by atoms with Gasteiger partial charge in [0.05, 0.1) is 0 Å². The maximum absolute atomic E-state index is 2.86. The number of piperidine rings is 1. The van der Waals surface area contributed by atoms with E-state index in [-0.39, 0.29) is 0 Å². The van der Waals surface area contributed by atoms with Crippen LogP contribution in [0.15, 0.2) is 0 Å². The summed E-state index contributed by atoms with van der Waals surface area (Å²) < 4.78 is 0. The highest BCUT2D eigenvalue weighted by Crippen LogP contribution is 2.36. The third-order valence-corrected chi connectivity index (χ3v) is 4.24. The predicted molar refractivity (Wildman–Crippen MR) is 61.5 cm³/mol. The van der Waals surface area contributed by atoms with E-state index in [1.165, 1.54) is 51.4 Å². The Hall–Kier alpha value is -0.0400. The Morgan fingerprint density at radius 2 is 2.00 bits per heavy atom. The molecule has 2 heterocycles. The van der Waals surface area contributed by atoms with Crippen molar-refractivity contribution in [2.75, 3.05) is 0 Å². The molecule has 0 aromatic rings. The number of rotatable bonds is 3. The SMILES string of the molecule is CCCC[C@H]1CC[C@H]2CCC[C@@H](C)N21. The van der Waals surface area contributed by atoms with E-state index in [1.54, 1.807) is 0 Å². The van der Waals surface area contributed by atoms with Gasteiger partial charge in [-0.2, -0.15) is 0 Å². The third kappa shape index (κ3) is 1.98. The molecule has 3 atom stereocenters. The molecule has 0 saturated carbocycles. The number of hydrogen-bond donors (Lipinski definition) is 0. The van der Waals surface area contributed by atoms with Gasteiger partial charge in [-0.25, -0.2) is 0 Å². The summed E-state index contributed by atoms with van der Waals surface area (Å²) in [6.45, 7) is 4.75. The predicted octanol–water partition coefficient (Wildman–Crippen LogP) is 3.58. The Kier molecular flexibility index (Phi) is 3.48. The van der Waals surface area contributed by atoms with Crippen LogP contribution in [0.1, 0.15) is 65.2 Å². The fourth-order valence-corrected chi connectivity index (χ4v) is 3.53. The van der Waals surface area contributed by atoms with Crippen molar-refractivity contribution in [3.8, 4) is 0 Å². The van der Waals surface area contributed by atoms with Crippen molar-refractivity contribution in [1.29, 1.82) is 0 Å². The Balaban J connectivity index is 1.92. The van der Waals surface area contributed by atoms with Gasteiger partial charge in [0.25, 0.3) is 0 Å². The highest BCUT2D eigenvalue weighted by Gasteiger charge is 2.37. The van der Waals surface area contributed by atoms with Crippen LogP contribution in [-0.2, 0) is 0 Å². The second-order valence-electron chi connectivity index (χ2n) is 5.25. The van der Waals surface area contributed by atoms with Crippen LogP contribution in [0.2, 0.25) is 0 Å². The summed E-state index contributed by atoms with van der Waals surface area (Å²) in [6, 6.07) is 2.77. The molecule has 0 aliphatic carbocycles. The minimum absolute atomic E-state index is 0.873. The highest BCUT2D eigenvalue weighted by atomic mass is 15.2. The maximum atomic E-state index is 2.86. The van der Waals surface area contributed by atoms with E-state index in [0.717, 1.165) is 18.1 Å². The van der Waals surface area contributed by atoms with Crippen LogP contribution in [0, 0.1) is 0 Å². The zero-order chi connectivity index (χ0) is 9.97. The molecule has 1 nitrogen and oxygen atoms in total. The summed E-state index contributed by atoms with van der Waals surface area (Å²) in [5, 5.41) is 0. The van der Waals surface area contributed by atoms with Gasteiger partial charge in [-0.15, -0.1) is 0 Å². The van der Waals surface area contributed by atoms with Crippen LogP contribution in [0.4, 0.5) is 0 Å². The number of unbranched alkanes of at least 4 members (excludes halogenated alkanes) is 1. The lowest BCUT2D eigenvalue weighted by Gasteiger charge is -2.39. The summed E-state index contributed by atoms with van der Waals surface area (Å²) in [5.41, 5.74) is 0. The lowest BCUT2D eigenvalue weighted by molar-refractivity contribution is 0.0875. The van der Waals surface area contributed by atoms with Gasteiger partial charge in [0.2, 0.25) is 0 Å². The fraction of sp³-hybridized carbons (Fsp3) is 1.00. The molecule has 14 heavy (non-hydrogen) atoms. The zero-order valence-corrected chi connectivity index (χ0v) is 9.84. The average Bonchev–Trinajstić information content (AvgIpc) is 2.59. The van der Waals surface area contributed by atoms with Gasteiger partial charge in [0.15, 0.2) is 0 Å². The largest absolute Gasteiger partial charge is 0.295 e. The molecule has 2 rings (SSSR count). The minimum Gasteiger partial charge on any atom is -0.295 e. The van der Waals surface area contributed by atoms with E-state index in [4.69, 9.17) is 0 Å². The molecular weight excluding hydrogens is 170 g/mol. The first-order valence-corrected chi connectivity index (χ1v) is 6.60. The van der Waals surface area contributed by atoms with Gasteiger partial charge in [-0.1, -0.05) is 26.2 Å². The molecule has 0 radical (unpaired) electrons. The van der Waals surface area contributed by atoms with Crippen LogP contribution < -0.4 is 0 Å². The Labute approximate surface area is 88.9 Å². The Bertz CT molecular complexity index is 178. The smallest absolute Gasteiger partial charge is 0.0102 e. The van der Waals surface area contributed by atoms with Gasteiger partial charge in [0.1, 0.15) is 0 Å². The molecule has 2 fully saturated rings. The van der Waals surface area contributed by atoms with E-state index in [9.17, 15) is 0 Å². The monoisotopic (exact) mass is 195 g/mol. The molecule has 0 amide bonds. The van der Waals surface area contributed by atoms with E-state index in [1.807, 2.05) is 0 Å². The highest BCUT2D eigenvalue weighted by molar-refractivity contribution is 4.93. The molecular formula is C13H25N. The third-order valence-electron chi connectivity index (χ3n) is 4.24. The van der Waals surface area contributed by atoms with Crippen molar-refractivity contribution >= 4 is 0 Å². The van der Waals surface area contributed by atoms with Crippen molar-refractivity contribution in [2.45, 2.75) is 83.3 Å². The average molecular weight is 195 g/mol. The molecule has 0 unspecified atom stereocenters. The van der Waals surface area contributed by atoms with Crippen molar-refractivity contribution < 1.29 is 0 Å². The minimum atomic E-state index is 0.873. The first kappa shape index (κ1) is 10.5. The van der Waals surface area contributed by atoms with Gasteiger partial charge < -0.3 is 0 Å². The van der Waals surface area contributed by atoms with Gasteiger partial charge in [-0.05, 0) is 39.0 Å². The second-order valence-corrected chi connectivity index (χ2v) is 5.25. The van der Waals surface area contributed by atoms with Crippen LogP contribution >= 0.6 is 0 Å². The molecule has 0 aromatic carbocycles. The van der Waals surface area contributed by atoms with Crippen molar-refractivity contribution in [3.05, 3.63) is 0 Å². The maximum Gasteiger partial charge on any atom is 0.0102 e. The summed E-state index contributed by atoms with van der Waals surface area (Å²) in [7, 11) is 0. The quantitative estimate of drug-likeness (QED) is 0.665. The molecule has 2 aliphatic rings. The molecule has 2 saturated heterocycles. The van der Waals surface area contributed by atoms with Gasteiger partial charge >= 0.3 is 0 Å². The van der Waals surface area contributed by atoms with E-state index >= 15 is 0 Å². The standard InChI is InChI=1S/C13H25N/c1-3-4-7-12-9-10-13-8-5-6-11(2)14(12)13/h11-13H,3-10H2,1-2H3/t11-,12+,13-/m1/s1. The summed E-state index contributed by atoms with van der Waals surface area (Å²) in [4.78, 5) is 2.86. The first-order chi connectivity index (χ1) is 6.83. The first-order valence-electron chi connectivity index (χ1n) is 6.60. The molecule has 0 bridgehead atoms. The van der Waals surface area contributed by atoms with Gasteiger partial charge in [0, 0.05) is 18.1 Å². The Morgan fingerprint density at radius 1 is 1.14 bits per heavy atom. The number of nitrogens with zero attached hydrogens (tertiary/aromatic N) is 1. The second kappa shape index (κ2) is 4.65. The zero-order valence-electron chi connectivity index (χ0n) is 9.84. The molecule has 1 heteroatoms. The van der Waals surface area contributed by atoms with Crippen LogP contribution in [0.25, 0.3) is 0 Å². The van der Waals surface area contributed by atoms with Crippen LogP contribution in [0.3, 0.4) is 0 Å². The molecule has 2 aliphatic heterocycles. The topological polar surface area (TPSA) is 3.24 Å². The lowest BCUT2D eigenvalue weighted by atomic mass is 9.97. The summed E-state index contributed by atoms with van der Waals surface area (Å²) in [5.74, 6) is 0. The molecule has 0 N–H and O–H groups in total. The molecule has 82 valence electrons. The fourth-order valence-electron chi connectivity index (χ4n) is 3.53. The van der Waals surface area contributed by atoms with E-state index in [0.29, 0.717) is 0 Å². The molecule has 0 spiro atoms. The normalized spacial score (nSPS) is 38.6. The lowest BCUT2D eigenvalue weighted by Crippen LogP contribution is -2.45.